The Morgan fingerprint density at radius 3 is 2.32 bits per heavy atom. The molecule has 0 spiro atoms. The van der Waals surface area contributed by atoms with Gasteiger partial charge < -0.3 is 14.8 Å². The Morgan fingerprint density at radius 2 is 1.73 bits per heavy atom. The number of ether oxygens (including phenoxy) is 2. The van der Waals surface area contributed by atoms with E-state index in [0.29, 0.717) is 37.6 Å². The van der Waals surface area contributed by atoms with E-state index in [1.807, 2.05) is 6.92 Å². The Morgan fingerprint density at radius 1 is 1.05 bits per heavy atom. The molecule has 0 heterocycles. The van der Waals surface area contributed by atoms with Crippen LogP contribution in [-0.4, -0.2) is 48.9 Å². The summed E-state index contributed by atoms with van der Waals surface area (Å²) in [5.41, 5.74) is 1.46. The van der Waals surface area contributed by atoms with Gasteiger partial charge in [-0.15, -0.1) is 12.4 Å². The van der Waals surface area contributed by atoms with Crippen molar-refractivity contribution in [3.63, 3.8) is 0 Å². The molecule has 0 bridgehead atoms. The van der Waals surface area contributed by atoms with E-state index < -0.39 is 10.0 Å². The Labute approximate surface area is 139 Å². The predicted octanol–water partition coefficient (Wildman–Crippen LogP) is 1.25. The van der Waals surface area contributed by atoms with Gasteiger partial charge in [0.25, 0.3) is 0 Å². The minimum atomic E-state index is -3.51. The molecule has 6 nitrogen and oxygen atoms in total. The van der Waals surface area contributed by atoms with Crippen molar-refractivity contribution in [1.29, 1.82) is 0 Å². The molecule has 0 amide bonds. The zero-order chi connectivity index (χ0) is 15.9. The third-order valence-corrected chi connectivity index (χ3v) is 4.66. The average molecular weight is 353 g/mol. The van der Waals surface area contributed by atoms with Crippen molar-refractivity contribution in [3.8, 4) is 5.75 Å². The van der Waals surface area contributed by atoms with E-state index >= 15 is 0 Å². The van der Waals surface area contributed by atoms with Crippen LogP contribution < -0.4 is 14.8 Å². The van der Waals surface area contributed by atoms with Crippen LogP contribution in [0.1, 0.15) is 11.1 Å². The van der Waals surface area contributed by atoms with E-state index in [0.717, 1.165) is 5.56 Å². The Balaban J connectivity index is 0.00000441. The fourth-order valence-electron chi connectivity index (χ4n) is 1.92. The summed E-state index contributed by atoms with van der Waals surface area (Å²) in [6.45, 7) is 5.76. The number of rotatable bonds is 9. The van der Waals surface area contributed by atoms with Gasteiger partial charge in [-0.25, -0.2) is 13.1 Å². The first-order valence-electron chi connectivity index (χ1n) is 6.77. The molecule has 0 fully saturated rings. The first kappa shape index (κ1) is 21.1. The molecule has 0 aliphatic carbocycles. The second-order valence-electron chi connectivity index (χ2n) is 4.73. The summed E-state index contributed by atoms with van der Waals surface area (Å²) in [6, 6.07) is 3.37. The first-order valence-corrected chi connectivity index (χ1v) is 8.25. The minimum absolute atomic E-state index is 0. The largest absolute Gasteiger partial charge is 0.496 e. The maximum Gasteiger partial charge on any atom is 0.240 e. The van der Waals surface area contributed by atoms with Gasteiger partial charge in [-0.1, -0.05) is 0 Å². The van der Waals surface area contributed by atoms with Crippen LogP contribution in [-0.2, 0) is 14.8 Å². The average Bonchev–Trinajstić information content (AvgIpc) is 2.44. The number of methoxy groups -OCH3 is 2. The molecule has 1 aromatic rings. The highest BCUT2D eigenvalue weighted by atomic mass is 35.5. The minimum Gasteiger partial charge on any atom is -0.496 e. The van der Waals surface area contributed by atoms with Gasteiger partial charge in [0.2, 0.25) is 10.0 Å². The monoisotopic (exact) mass is 352 g/mol. The quantitative estimate of drug-likeness (QED) is 0.654. The van der Waals surface area contributed by atoms with Gasteiger partial charge in [0.05, 0.1) is 18.6 Å². The number of hydrogen-bond donors (Lipinski definition) is 2. The van der Waals surface area contributed by atoms with Crippen molar-refractivity contribution in [2.75, 3.05) is 40.5 Å². The summed E-state index contributed by atoms with van der Waals surface area (Å²) < 4.78 is 37.3. The Bertz CT molecular complexity index is 564. The molecular formula is C14H25ClN2O4S. The molecular weight excluding hydrogens is 328 g/mol. The summed E-state index contributed by atoms with van der Waals surface area (Å²) in [4.78, 5) is 0.290. The summed E-state index contributed by atoms with van der Waals surface area (Å²) in [7, 11) is -0.314. The van der Waals surface area contributed by atoms with Gasteiger partial charge in [0, 0.05) is 26.7 Å². The molecule has 2 N–H and O–H groups in total. The maximum absolute atomic E-state index is 12.3. The van der Waals surface area contributed by atoms with Crippen LogP contribution in [0.2, 0.25) is 0 Å². The third kappa shape index (κ3) is 6.10. The van der Waals surface area contributed by atoms with E-state index in [-0.39, 0.29) is 17.3 Å². The van der Waals surface area contributed by atoms with Crippen LogP contribution in [0.4, 0.5) is 0 Å². The number of nitrogens with one attached hydrogen (secondary N) is 2. The molecule has 1 aromatic carbocycles. The lowest BCUT2D eigenvalue weighted by Gasteiger charge is -2.13. The summed E-state index contributed by atoms with van der Waals surface area (Å²) in [5, 5.41) is 3.08. The normalized spacial score (nSPS) is 11.1. The summed E-state index contributed by atoms with van der Waals surface area (Å²) in [6.07, 6.45) is 0. The second-order valence-corrected chi connectivity index (χ2v) is 6.46. The van der Waals surface area contributed by atoms with Crippen molar-refractivity contribution in [2.24, 2.45) is 0 Å². The molecule has 22 heavy (non-hydrogen) atoms. The van der Waals surface area contributed by atoms with E-state index in [9.17, 15) is 8.42 Å². The molecule has 0 aliphatic heterocycles. The lowest BCUT2D eigenvalue weighted by atomic mass is 10.1. The van der Waals surface area contributed by atoms with E-state index in [1.165, 1.54) is 0 Å². The molecule has 128 valence electrons. The lowest BCUT2D eigenvalue weighted by molar-refractivity contribution is 0.199. The van der Waals surface area contributed by atoms with Gasteiger partial charge in [0.15, 0.2) is 0 Å². The van der Waals surface area contributed by atoms with E-state index in [4.69, 9.17) is 9.47 Å². The molecule has 0 radical (unpaired) electrons. The lowest BCUT2D eigenvalue weighted by Crippen LogP contribution is -2.33. The van der Waals surface area contributed by atoms with Gasteiger partial charge in [0.1, 0.15) is 5.75 Å². The molecule has 0 unspecified atom stereocenters. The topological polar surface area (TPSA) is 76.7 Å². The SMILES string of the molecule is COCCNCCNS(=O)(=O)c1cc(C)c(OC)cc1C.Cl. The first-order chi connectivity index (χ1) is 9.92. The second kappa shape index (κ2) is 10.0. The zero-order valence-corrected chi connectivity index (χ0v) is 15.1. The van der Waals surface area contributed by atoms with Crippen molar-refractivity contribution in [2.45, 2.75) is 18.7 Å². The number of aryl methyl sites for hydroxylation is 2. The van der Waals surface area contributed by atoms with Gasteiger partial charge in [-0.3, -0.25) is 0 Å². The van der Waals surface area contributed by atoms with Crippen molar-refractivity contribution >= 4 is 22.4 Å². The summed E-state index contributed by atoms with van der Waals surface area (Å²) >= 11 is 0. The van der Waals surface area contributed by atoms with Crippen molar-refractivity contribution < 1.29 is 17.9 Å². The number of hydrogen-bond acceptors (Lipinski definition) is 5. The van der Waals surface area contributed by atoms with Crippen LogP contribution in [0.3, 0.4) is 0 Å². The van der Waals surface area contributed by atoms with Crippen molar-refractivity contribution in [1.82, 2.24) is 10.0 Å². The zero-order valence-electron chi connectivity index (χ0n) is 13.4. The fraction of sp³-hybridized carbons (Fsp3) is 0.571. The highest BCUT2D eigenvalue weighted by Crippen LogP contribution is 2.25. The predicted molar refractivity (Wildman–Crippen MR) is 89.7 cm³/mol. The molecule has 0 atom stereocenters. The smallest absolute Gasteiger partial charge is 0.240 e. The molecule has 0 aromatic heterocycles. The molecule has 0 saturated carbocycles. The van der Waals surface area contributed by atoms with Crippen molar-refractivity contribution in [3.05, 3.63) is 23.3 Å². The van der Waals surface area contributed by atoms with Crippen LogP contribution in [0, 0.1) is 13.8 Å². The Kier molecular flexibility index (Phi) is 9.63. The van der Waals surface area contributed by atoms with Gasteiger partial charge in [-0.05, 0) is 37.1 Å². The number of benzene rings is 1. The van der Waals surface area contributed by atoms with E-state index in [1.54, 1.807) is 33.3 Å². The highest BCUT2D eigenvalue weighted by molar-refractivity contribution is 7.89. The van der Waals surface area contributed by atoms with Crippen LogP contribution in [0.5, 0.6) is 5.75 Å². The fourth-order valence-corrected chi connectivity index (χ4v) is 3.26. The van der Waals surface area contributed by atoms with Crippen LogP contribution >= 0.6 is 12.4 Å². The molecule has 0 saturated heterocycles. The number of halogens is 1. The van der Waals surface area contributed by atoms with Gasteiger partial charge in [-0.2, -0.15) is 0 Å². The molecule has 8 heteroatoms. The Hall–Kier alpha value is -0.860. The standard InChI is InChI=1S/C14H24N2O4S.ClH/c1-11-10-14(12(2)9-13(11)20-4)21(17,18)16-6-5-15-7-8-19-3;/h9-10,15-16H,5-8H2,1-4H3;1H. The number of sulfonamides is 1. The maximum atomic E-state index is 12.3. The highest BCUT2D eigenvalue weighted by Gasteiger charge is 2.18. The van der Waals surface area contributed by atoms with E-state index in [2.05, 4.69) is 10.0 Å². The van der Waals surface area contributed by atoms with Crippen LogP contribution in [0.25, 0.3) is 0 Å². The van der Waals surface area contributed by atoms with Crippen LogP contribution in [0.15, 0.2) is 17.0 Å². The third-order valence-electron chi connectivity index (χ3n) is 3.06. The molecule has 0 aliphatic rings. The molecule has 1 rings (SSSR count). The summed E-state index contributed by atoms with van der Waals surface area (Å²) in [5.74, 6) is 0.688. The van der Waals surface area contributed by atoms with Gasteiger partial charge >= 0.3 is 0 Å².